The Kier molecular flexibility index (Phi) is 3.69. The number of fused-ring (bicyclic) bond motifs is 2. The van der Waals surface area contributed by atoms with Crippen LogP contribution in [0.25, 0.3) is 0 Å². The molecule has 0 aromatic heterocycles. The lowest BCUT2D eigenvalue weighted by Gasteiger charge is -2.24. The molecule has 2 atom stereocenters. The molecule has 1 N–H and O–H groups in total. The molecule has 2 unspecified atom stereocenters. The van der Waals surface area contributed by atoms with Crippen molar-refractivity contribution in [2.75, 3.05) is 6.54 Å². The molecule has 2 aliphatic rings. The van der Waals surface area contributed by atoms with Gasteiger partial charge in [0.1, 0.15) is 11.9 Å². The van der Waals surface area contributed by atoms with E-state index in [9.17, 15) is 9.59 Å². The van der Waals surface area contributed by atoms with Crippen LogP contribution in [0.2, 0.25) is 0 Å². The second-order valence-electron chi connectivity index (χ2n) is 6.05. The summed E-state index contributed by atoms with van der Waals surface area (Å²) in [5, 5.41) is 2.84. The summed E-state index contributed by atoms with van der Waals surface area (Å²) in [6.45, 7) is 0.392. The van der Waals surface area contributed by atoms with E-state index in [0.717, 1.165) is 23.3 Å². The van der Waals surface area contributed by atoms with Crippen molar-refractivity contribution in [2.45, 2.75) is 25.0 Å². The van der Waals surface area contributed by atoms with E-state index in [1.54, 1.807) is 12.1 Å². The molecule has 0 aliphatic carbocycles. The minimum atomic E-state index is -0.781. The lowest BCUT2D eigenvalue weighted by atomic mass is 9.98. The van der Waals surface area contributed by atoms with E-state index in [-0.39, 0.29) is 12.0 Å². The number of hydrogen-bond donors (Lipinski definition) is 1. The van der Waals surface area contributed by atoms with Crippen LogP contribution in [-0.2, 0) is 22.4 Å². The third-order valence-corrected chi connectivity index (χ3v) is 4.40. The number of carbonyl (C=O) groups excluding carboxylic acids is 2. The van der Waals surface area contributed by atoms with Crippen LogP contribution in [0.15, 0.2) is 48.5 Å². The molecule has 0 fully saturated rings. The molecular weight excluding hydrogens is 306 g/mol. The minimum absolute atomic E-state index is 0.0853. The number of rotatable bonds is 3. The summed E-state index contributed by atoms with van der Waals surface area (Å²) >= 11 is 0. The molecule has 4 rings (SSSR count). The van der Waals surface area contributed by atoms with Crippen molar-refractivity contribution >= 4 is 11.9 Å². The number of esters is 1. The van der Waals surface area contributed by atoms with Gasteiger partial charge in [0.05, 0.1) is 12.1 Å². The van der Waals surface area contributed by atoms with Gasteiger partial charge in [-0.15, -0.1) is 0 Å². The summed E-state index contributed by atoms with van der Waals surface area (Å²) < 4.78 is 11.1. The molecule has 1 amide bonds. The summed E-state index contributed by atoms with van der Waals surface area (Å²) in [5.74, 6) is 0.147. The van der Waals surface area contributed by atoms with Crippen LogP contribution in [0, 0.1) is 0 Å². The third-order valence-electron chi connectivity index (χ3n) is 4.40. The van der Waals surface area contributed by atoms with Gasteiger partial charge in [-0.05, 0) is 23.3 Å². The van der Waals surface area contributed by atoms with Crippen molar-refractivity contribution in [2.24, 2.45) is 0 Å². The monoisotopic (exact) mass is 323 g/mol. The first kappa shape index (κ1) is 14.8. The molecule has 0 saturated carbocycles. The lowest BCUT2D eigenvalue weighted by molar-refractivity contribution is -0.130. The van der Waals surface area contributed by atoms with Crippen molar-refractivity contribution in [3.05, 3.63) is 65.2 Å². The number of benzene rings is 2. The molecule has 2 aromatic carbocycles. The van der Waals surface area contributed by atoms with Gasteiger partial charge >= 0.3 is 5.97 Å². The van der Waals surface area contributed by atoms with E-state index in [1.807, 2.05) is 36.4 Å². The van der Waals surface area contributed by atoms with E-state index < -0.39 is 12.1 Å². The van der Waals surface area contributed by atoms with Crippen LogP contribution in [-0.4, -0.2) is 30.6 Å². The molecule has 24 heavy (non-hydrogen) atoms. The first-order valence-electron chi connectivity index (χ1n) is 8.02. The van der Waals surface area contributed by atoms with Crippen LogP contribution in [0.1, 0.15) is 21.5 Å². The first-order valence-corrected chi connectivity index (χ1v) is 8.02. The van der Waals surface area contributed by atoms with Crippen LogP contribution in [0.5, 0.6) is 5.75 Å². The Hall–Kier alpha value is -2.82. The number of carbonyl (C=O) groups is 2. The second-order valence-corrected chi connectivity index (χ2v) is 6.05. The first-order chi connectivity index (χ1) is 11.7. The van der Waals surface area contributed by atoms with Crippen LogP contribution < -0.4 is 10.1 Å². The van der Waals surface area contributed by atoms with Crippen molar-refractivity contribution in [3.63, 3.8) is 0 Å². The predicted molar refractivity (Wildman–Crippen MR) is 86.9 cm³/mol. The number of amides is 1. The zero-order chi connectivity index (χ0) is 16.5. The van der Waals surface area contributed by atoms with Gasteiger partial charge in [0, 0.05) is 12.8 Å². The number of para-hydroxylation sites is 1. The largest absolute Gasteiger partial charge is 0.488 e. The zero-order valence-corrected chi connectivity index (χ0v) is 13.0. The van der Waals surface area contributed by atoms with Gasteiger partial charge in [-0.25, -0.2) is 4.79 Å². The van der Waals surface area contributed by atoms with Crippen LogP contribution in [0.3, 0.4) is 0 Å². The molecule has 2 aliphatic heterocycles. The van der Waals surface area contributed by atoms with E-state index in [2.05, 4.69) is 5.32 Å². The van der Waals surface area contributed by atoms with Gasteiger partial charge in [-0.1, -0.05) is 36.4 Å². The Labute approximate surface area is 139 Å². The predicted octanol–water partition coefficient (Wildman–Crippen LogP) is 1.89. The summed E-state index contributed by atoms with van der Waals surface area (Å²) in [5.41, 5.74) is 2.53. The van der Waals surface area contributed by atoms with Gasteiger partial charge in [0.15, 0.2) is 6.10 Å². The molecule has 5 nitrogen and oxygen atoms in total. The Morgan fingerprint density at radius 1 is 1.00 bits per heavy atom. The average molecular weight is 323 g/mol. The fourth-order valence-corrected chi connectivity index (χ4v) is 3.17. The minimum Gasteiger partial charge on any atom is -0.488 e. The maximum atomic E-state index is 12.3. The Morgan fingerprint density at radius 3 is 2.58 bits per heavy atom. The highest BCUT2D eigenvalue weighted by molar-refractivity contribution is 5.95. The smallest absolute Gasteiger partial charge is 0.339 e. The standard InChI is InChI=1S/C19H17NO4/c21-18(17-10-12-5-1-3-7-15(12)19(22)24-17)20-11-14-9-13-6-2-4-8-16(13)23-14/h1-8,14,17H,9-11H2,(H,20,21). The van der Waals surface area contributed by atoms with Crippen molar-refractivity contribution < 1.29 is 19.1 Å². The van der Waals surface area contributed by atoms with E-state index >= 15 is 0 Å². The van der Waals surface area contributed by atoms with Crippen molar-refractivity contribution in [1.82, 2.24) is 5.32 Å². The molecule has 0 bridgehead atoms. The molecule has 2 heterocycles. The summed E-state index contributed by atoms with van der Waals surface area (Å²) in [7, 11) is 0. The fraction of sp³-hybridized carbons (Fsp3) is 0.263. The number of ether oxygens (including phenoxy) is 2. The quantitative estimate of drug-likeness (QED) is 0.876. The van der Waals surface area contributed by atoms with E-state index in [4.69, 9.17) is 9.47 Å². The van der Waals surface area contributed by atoms with Crippen LogP contribution >= 0.6 is 0 Å². The number of cyclic esters (lactones) is 1. The van der Waals surface area contributed by atoms with Gasteiger partial charge in [0.2, 0.25) is 0 Å². The van der Waals surface area contributed by atoms with E-state index in [0.29, 0.717) is 18.5 Å². The van der Waals surface area contributed by atoms with Gasteiger partial charge in [-0.3, -0.25) is 4.79 Å². The molecule has 2 aromatic rings. The third kappa shape index (κ3) is 2.73. The van der Waals surface area contributed by atoms with Gasteiger partial charge < -0.3 is 14.8 Å². The van der Waals surface area contributed by atoms with Crippen molar-refractivity contribution in [1.29, 1.82) is 0 Å². The summed E-state index contributed by atoms with van der Waals surface area (Å²) in [4.78, 5) is 24.3. The Morgan fingerprint density at radius 2 is 1.75 bits per heavy atom. The highest BCUT2D eigenvalue weighted by Crippen LogP contribution is 2.27. The average Bonchev–Trinajstić information content (AvgIpc) is 3.02. The Balaban J connectivity index is 1.36. The summed E-state index contributed by atoms with van der Waals surface area (Å²) in [6.07, 6.45) is 0.303. The molecule has 0 radical (unpaired) electrons. The highest BCUT2D eigenvalue weighted by Gasteiger charge is 2.32. The molecular formula is C19H17NO4. The topological polar surface area (TPSA) is 64.6 Å². The van der Waals surface area contributed by atoms with Crippen molar-refractivity contribution in [3.8, 4) is 5.75 Å². The zero-order valence-electron chi connectivity index (χ0n) is 13.0. The maximum absolute atomic E-state index is 12.3. The molecule has 122 valence electrons. The Bertz CT molecular complexity index is 776. The van der Waals surface area contributed by atoms with Crippen LogP contribution in [0.4, 0.5) is 0 Å². The number of hydrogen-bond acceptors (Lipinski definition) is 4. The summed E-state index contributed by atoms with van der Waals surface area (Å²) in [6, 6.07) is 15.1. The number of nitrogens with one attached hydrogen (secondary N) is 1. The van der Waals surface area contributed by atoms with E-state index in [1.165, 1.54) is 0 Å². The normalized spacial score (nSPS) is 21.2. The molecule has 0 saturated heterocycles. The lowest BCUT2D eigenvalue weighted by Crippen LogP contribution is -2.44. The molecule has 5 heteroatoms. The van der Waals surface area contributed by atoms with Gasteiger partial charge in [-0.2, -0.15) is 0 Å². The molecule has 0 spiro atoms. The highest BCUT2D eigenvalue weighted by atomic mass is 16.5. The fourth-order valence-electron chi connectivity index (χ4n) is 3.17. The van der Waals surface area contributed by atoms with Gasteiger partial charge in [0.25, 0.3) is 5.91 Å². The maximum Gasteiger partial charge on any atom is 0.339 e. The second kappa shape index (κ2) is 6.00. The SMILES string of the molecule is O=C1OC(C(=O)NCC2Cc3ccccc3O2)Cc2ccccc21.